The Balaban J connectivity index is 1.17. The zero-order valence-corrected chi connectivity index (χ0v) is 25.4. The van der Waals surface area contributed by atoms with Gasteiger partial charge in [-0.2, -0.15) is 0 Å². The number of nitrogens with two attached hydrogens (primary N) is 1. The molecule has 0 saturated heterocycles. The third-order valence-electron chi connectivity index (χ3n) is 7.77. The number of carbonyl (C=O) groups excluding carboxylic acids is 4. The molecule has 0 aromatic heterocycles. The molecule has 0 spiro atoms. The first-order valence-electron chi connectivity index (χ1n) is 15.1. The van der Waals surface area contributed by atoms with E-state index >= 15 is 0 Å². The van der Waals surface area contributed by atoms with Gasteiger partial charge in [0.2, 0.25) is 23.6 Å². The van der Waals surface area contributed by atoms with Crippen molar-refractivity contribution in [3.63, 3.8) is 0 Å². The fourth-order valence-electron chi connectivity index (χ4n) is 5.22. The van der Waals surface area contributed by atoms with E-state index in [0.29, 0.717) is 23.7 Å². The molecule has 10 nitrogen and oxygen atoms in total. The maximum Gasteiger partial charge on any atom is 0.246 e. The summed E-state index contributed by atoms with van der Waals surface area (Å²) in [6.45, 7) is 1.96. The lowest BCUT2D eigenvalue weighted by atomic mass is 9.92. The average Bonchev–Trinajstić information content (AvgIpc) is 3.39. The Morgan fingerprint density at radius 1 is 0.783 bits per heavy atom. The van der Waals surface area contributed by atoms with E-state index in [1.165, 1.54) is 6.92 Å². The lowest BCUT2D eigenvalue weighted by molar-refractivity contribution is -0.131. The van der Waals surface area contributed by atoms with Crippen molar-refractivity contribution < 1.29 is 23.9 Å². The lowest BCUT2D eigenvalue weighted by Crippen LogP contribution is -2.54. The minimum absolute atomic E-state index is 0.0263. The molecule has 1 aliphatic rings. The van der Waals surface area contributed by atoms with E-state index in [2.05, 4.69) is 21.3 Å². The molecule has 0 saturated carbocycles. The van der Waals surface area contributed by atoms with Crippen molar-refractivity contribution in [3.8, 4) is 5.75 Å². The first kappa shape index (κ1) is 31.9. The second-order valence-corrected chi connectivity index (χ2v) is 11.2. The zero-order valence-electron chi connectivity index (χ0n) is 25.4. The second-order valence-electron chi connectivity index (χ2n) is 11.2. The van der Waals surface area contributed by atoms with Crippen LogP contribution in [0.15, 0.2) is 109 Å². The van der Waals surface area contributed by atoms with Crippen molar-refractivity contribution in [2.75, 3.05) is 10.6 Å². The number of hydrogen-bond acceptors (Lipinski definition) is 6. The summed E-state index contributed by atoms with van der Waals surface area (Å²) < 4.78 is 5.82. The van der Waals surface area contributed by atoms with Gasteiger partial charge < -0.3 is 31.7 Å². The van der Waals surface area contributed by atoms with Crippen molar-refractivity contribution in [3.05, 3.63) is 126 Å². The van der Waals surface area contributed by atoms with Gasteiger partial charge in [0, 0.05) is 11.4 Å². The van der Waals surface area contributed by atoms with Gasteiger partial charge in [-0.3, -0.25) is 19.2 Å². The summed E-state index contributed by atoms with van der Waals surface area (Å²) in [5, 5.41) is 11.0. The summed E-state index contributed by atoms with van der Waals surface area (Å²) >= 11 is 0. The number of nitrogens with one attached hydrogen (secondary N) is 4. The Hall–Kier alpha value is -5.48. The number of hydrogen-bond donors (Lipinski definition) is 5. The Bertz CT molecular complexity index is 1660. The van der Waals surface area contributed by atoms with Gasteiger partial charge in [-0.15, -0.1) is 0 Å². The maximum absolute atomic E-state index is 13.4. The predicted octanol–water partition coefficient (Wildman–Crippen LogP) is 3.89. The quantitative estimate of drug-likeness (QED) is 0.153. The van der Waals surface area contributed by atoms with Gasteiger partial charge in [0.05, 0.1) is 12.0 Å². The van der Waals surface area contributed by atoms with Crippen molar-refractivity contribution in [2.45, 2.75) is 50.4 Å². The van der Waals surface area contributed by atoms with Crippen LogP contribution < -0.4 is 31.7 Å². The molecule has 0 fully saturated rings. The summed E-state index contributed by atoms with van der Waals surface area (Å²) in [7, 11) is 0. The number of fused-ring (bicyclic) bond motifs is 1. The van der Waals surface area contributed by atoms with Crippen LogP contribution >= 0.6 is 0 Å². The van der Waals surface area contributed by atoms with Gasteiger partial charge in [0.25, 0.3) is 0 Å². The van der Waals surface area contributed by atoms with Crippen LogP contribution in [0.4, 0.5) is 11.4 Å². The molecule has 4 aromatic carbocycles. The number of anilines is 2. The molecule has 0 radical (unpaired) electrons. The van der Waals surface area contributed by atoms with E-state index in [1.807, 2.05) is 78.9 Å². The lowest BCUT2D eigenvalue weighted by Gasteiger charge is -2.24. The molecule has 1 unspecified atom stereocenters. The predicted molar refractivity (Wildman–Crippen MR) is 176 cm³/mol. The van der Waals surface area contributed by atoms with E-state index in [4.69, 9.17) is 10.5 Å². The number of para-hydroxylation sites is 2. The number of carbonyl (C=O) groups is 4. The molecule has 6 N–H and O–H groups in total. The van der Waals surface area contributed by atoms with Crippen LogP contribution in [0, 0.1) is 0 Å². The summed E-state index contributed by atoms with van der Waals surface area (Å²) in [5.41, 5.74) is 10.1. The van der Waals surface area contributed by atoms with E-state index < -0.39 is 41.8 Å². The van der Waals surface area contributed by atoms with Gasteiger partial charge in [0.1, 0.15) is 24.4 Å². The van der Waals surface area contributed by atoms with Gasteiger partial charge >= 0.3 is 0 Å². The average molecular weight is 620 g/mol. The van der Waals surface area contributed by atoms with Crippen LogP contribution in [0.25, 0.3) is 0 Å². The highest BCUT2D eigenvalue weighted by Gasteiger charge is 2.36. The van der Waals surface area contributed by atoms with Gasteiger partial charge in [-0.25, -0.2) is 0 Å². The van der Waals surface area contributed by atoms with Crippen LogP contribution in [0.2, 0.25) is 0 Å². The van der Waals surface area contributed by atoms with Crippen LogP contribution in [0.5, 0.6) is 5.75 Å². The first-order valence-corrected chi connectivity index (χ1v) is 15.1. The maximum atomic E-state index is 13.4. The molecule has 1 aliphatic heterocycles. The van der Waals surface area contributed by atoms with Gasteiger partial charge in [-0.05, 0) is 66.8 Å². The molecular weight excluding hydrogens is 582 g/mol. The van der Waals surface area contributed by atoms with Crippen molar-refractivity contribution in [1.82, 2.24) is 10.6 Å². The fraction of sp³-hybridized carbons (Fsp3) is 0.222. The third-order valence-corrected chi connectivity index (χ3v) is 7.77. The van der Waals surface area contributed by atoms with Crippen LogP contribution in [0.1, 0.15) is 36.0 Å². The summed E-state index contributed by atoms with van der Waals surface area (Å²) in [5.74, 6) is -1.78. The molecular formula is C36H37N5O5. The molecule has 1 heterocycles. The minimum atomic E-state index is -1.06. The largest absolute Gasteiger partial charge is 0.489 e. The molecule has 236 valence electrons. The Morgan fingerprint density at radius 3 is 2.15 bits per heavy atom. The van der Waals surface area contributed by atoms with Crippen LogP contribution in [-0.2, 0) is 32.2 Å². The SMILES string of the molecule is C[C@H](NC(=O)[C@@H](N)Cc1ccc(OCc2ccccc2)cc1)C(=O)N[C@@H](CC1C(=O)Nc2ccccc21)C(=O)Nc1ccccc1. The van der Waals surface area contributed by atoms with E-state index in [1.54, 1.807) is 30.3 Å². The van der Waals surface area contributed by atoms with Crippen molar-refractivity contribution in [1.29, 1.82) is 0 Å². The van der Waals surface area contributed by atoms with E-state index in [-0.39, 0.29) is 18.7 Å². The first-order chi connectivity index (χ1) is 22.3. The Labute approximate surface area is 267 Å². The topological polar surface area (TPSA) is 152 Å². The number of ether oxygens (including phenoxy) is 1. The molecule has 4 amide bonds. The molecule has 5 rings (SSSR count). The molecule has 4 atom stereocenters. The third kappa shape index (κ3) is 8.36. The monoisotopic (exact) mass is 619 g/mol. The van der Waals surface area contributed by atoms with Gasteiger partial charge in [0.15, 0.2) is 0 Å². The normalized spacial score (nSPS) is 15.4. The fourth-order valence-corrected chi connectivity index (χ4v) is 5.22. The van der Waals surface area contributed by atoms with Gasteiger partial charge in [-0.1, -0.05) is 78.9 Å². The van der Waals surface area contributed by atoms with E-state index in [0.717, 1.165) is 16.7 Å². The summed E-state index contributed by atoms with van der Waals surface area (Å²) in [6.07, 6.45) is 0.274. The highest BCUT2D eigenvalue weighted by molar-refractivity contribution is 6.04. The Kier molecular flexibility index (Phi) is 10.4. The molecule has 10 heteroatoms. The zero-order chi connectivity index (χ0) is 32.5. The molecule has 0 bridgehead atoms. The highest BCUT2D eigenvalue weighted by atomic mass is 16.5. The van der Waals surface area contributed by atoms with Crippen LogP contribution in [0.3, 0.4) is 0 Å². The Morgan fingerprint density at radius 2 is 1.43 bits per heavy atom. The molecule has 0 aliphatic carbocycles. The second kappa shape index (κ2) is 15.0. The molecule has 4 aromatic rings. The number of benzene rings is 4. The smallest absolute Gasteiger partial charge is 0.246 e. The van der Waals surface area contributed by atoms with E-state index in [9.17, 15) is 19.2 Å². The van der Waals surface area contributed by atoms with Crippen molar-refractivity contribution in [2.24, 2.45) is 5.73 Å². The standard InChI is InChI=1S/C36H37N5O5/c1-23(38-35(44)30(37)20-24-16-18-27(19-17-24)46-22-25-10-4-2-5-11-25)33(42)41-32(36(45)39-26-12-6-3-7-13-26)21-29-28-14-8-9-15-31(28)40-34(29)43/h2-19,23,29-30,32H,20-22,37H2,1H3,(H,38,44)(H,39,45)(H,40,43)(H,41,42)/t23-,29?,30-,32-/m0/s1. The summed E-state index contributed by atoms with van der Waals surface area (Å²) in [6, 6.07) is 30.3. The molecule has 46 heavy (non-hydrogen) atoms. The minimum Gasteiger partial charge on any atom is -0.489 e. The summed E-state index contributed by atoms with van der Waals surface area (Å²) in [4.78, 5) is 52.4. The highest BCUT2D eigenvalue weighted by Crippen LogP contribution is 2.35. The van der Waals surface area contributed by atoms with Crippen LogP contribution in [-0.4, -0.2) is 41.8 Å². The number of amides is 4. The van der Waals surface area contributed by atoms with Crippen molar-refractivity contribution >= 4 is 35.0 Å². The number of rotatable bonds is 13.